The van der Waals surface area contributed by atoms with E-state index >= 15 is 0 Å². The van der Waals surface area contributed by atoms with Gasteiger partial charge in [-0.3, -0.25) is 14.5 Å². The topological polar surface area (TPSA) is 69.4 Å². The van der Waals surface area contributed by atoms with Crippen LogP contribution in [0.25, 0.3) is 0 Å². The highest BCUT2D eigenvalue weighted by atomic mass is 32.1. The lowest BCUT2D eigenvalue weighted by Crippen LogP contribution is -2.51. The molecule has 0 N–H and O–H groups in total. The molecular weight excluding hydrogens is 436 g/mol. The van der Waals surface area contributed by atoms with Gasteiger partial charge in [-0.15, -0.1) is 11.3 Å². The summed E-state index contributed by atoms with van der Waals surface area (Å²) in [7, 11) is 0. The Bertz CT molecular complexity index is 958. The fourth-order valence-electron chi connectivity index (χ4n) is 5.22. The minimum atomic E-state index is -0.0871. The highest BCUT2D eigenvalue weighted by Crippen LogP contribution is 2.35. The van der Waals surface area contributed by atoms with Crippen LogP contribution in [0.1, 0.15) is 61.6 Å². The average molecular weight is 469 g/mol. The molecule has 176 valence electrons. The van der Waals surface area contributed by atoms with Crippen LogP contribution < -0.4 is 0 Å². The monoisotopic (exact) mass is 468 g/mol. The highest BCUT2D eigenvalue weighted by Gasteiger charge is 2.35. The third kappa shape index (κ3) is 5.22. The van der Waals surface area contributed by atoms with Crippen molar-refractivity contribution < 1.29 is 14.0 Å². The second-order valence-corrected chi connectivity index (χ2v) is 10.3. The third-order valence-corrected chi connectivity index (χ3v) is 8.09. The van der Waals surface area contributed by atoms with Gasteiger partial charge < -0.3 is 9.32 Å². The SMILES string of the molecule is O=C(CC1CCCCC1)N1CCN(CC(=O)N2N=C(c3ccco3)CC2c2cccs2)CC1. The van der Waals surface area contributed by atoms with Crippen LogP contribution in [0.15, 0.2) is 45.4 Å². The van der Waals surface area contributed by atoms with Crippen molar-refractivity contribution in [3.8, 4) is 0 Å². The van der Waals surface area contributed by atoms with Gasteiger partial charge in [-0.2, -0.15) is 5.10 Å². The van der Waals surface area contributed by atoms with Gasteiger partial charge in [0.15, 0.2) is 0 Å². The number of piperazine rings is 1. The molecule has 2 amide bonds. The van der Waals surface area contributed by atoms with Crippen molar-refractivity contribution in [1.29, 1.82) is 0 Å². The summed E-state index contributed by atoms with van der Waals surface area (Å²) in [6.45, 7) is 3.19. The van der Waals surface area contributed by atoms with Crippen LogP contribution in [0, 0.1) is 5.92 Å². The molecule has 2 aliphatic heterocycles. The summed E-state index contributed by atoms with van der Waals surface area (Å²) in [5, 5.41) is 8.34. The van der Waals surface area contributed by atoms with E-state index in [-0.39, 0.29) is 17.9 Å². The molecule has 2 aromatic heterocycles. The summed E-state index contributed by atoms with van der Waals surface area (Å²) in [4.78, 5) is 31.3. The van der Waals surface area contributed by atoms with Crippen LogP contribution in [0.2, 0.25) is 0 Å². The fraction of sp³-hybridized carbons (Fsp3) is 0.560. The van der Waals surface area contributed by atoms with E-state index in [1.54, 1.807) is 22.6 Å². The summed E-state index contributed by atoms with van der Waals surface area (Å²) < 4.78 is 5.54. The molecule has 2 fully saturated rings. The van der Waals surface area contributed by atoms with Crippen molar-refractivity contribution in [1.82, 2.24) is 14.8 Å². The third-order valence-electron chi connectivity index (χ3n) is 7.12. The van der Waals surface area contributed by atoms with Crippen molar-refractivity contribution >= 4 is 28.9 Å². The van der Waals surface area contributed by atoms with E-state index < -0.39 is 0 Å². The lowest BCUT2D eigenvalue weighted by molar-refractivity contribution is -0.136. The van der Waals surface area contributed by atoms with E-state index in [2.05, 4.69) is 16.1 Å². The summed E-state index contributed by atoms with van der Waals surface area (Å²) in [6.07, 6.45) is 9.22. The lowest BCUT2D eigenvalue weighted by atomic mass is 9.86. The van der Waals surface area contributed by atoms with Gasteiger partial charge >= 0.3 is 0 Å². The van der Waals surface area contributed by atoms with E-state index in [1.165, 1.54) is 32.1 Å². The van der Waals surface area contributed by atoms with E-state index in [1.807, 2.05) is 28.5 Å². The van der Waals surface area contributed by atoms with E-state index in [9.17, 15) is 9.59 Å². The quantitative estimate of drug-likeness (QED) is 0.639. The summed E-state index contributed by atoms with van der Waals surface area (Å²) in [5.41, 5.74) is 0.810. The van der Waals surface area contributed by atoms with Crippen molar-refractivity contribution in [3.63, 3.8) is 0 Å². The van der Waals surface area contributed by atoms with Crippen LogP contribution in [-0.4, -0.2) is 65.1 Å². The maximum absolute atomic E-state index is 13.3. The average Bonchev–Trinajstić information content (AvgIpc) is 3.61. The number of carbonyl (C=O) groups is 2. The Morgan fingerprint density at radius 2 is 1.85 bits per heavy atom. The maximum Gasteiger partial charge on any atom is 0.257 e. The number of hydrogen-bond donors (Lipinski definition) is 0. The summed E-state index contributed by atoms with van der Waals surface area (Å²) >= 11 is 1.65. The molecule has 5 rings (SSSR count). The van der Waals surface area contributed by atoms with Crippen LogP contribution >= 0.6 is 11.3 Å². The molecule has 1 unspecified atom stereocenters. The Kier molecular flexibility index (Phi) is 6.92. The Morgan fingerprint density at radius 3 is 2.55 bits per heavy atom. The Hall–Kier alpha value is -2.45. The first-order valence-corrected chi connectivity index (χ1v) is 13.0. The summed E-state index contributed by atoms with van der Waals surface area (Å²) in [6, 6.07) is 7.72. The molecule has 33 heavy (non-hydrogen) atoms. The maximum atomic E-state index is 13.3. The largest absolute Gasteiger partial charge is 0.463 e. The first-order valence-electron chi connectivity index (χ1n) is 12.1. The molecule has 0 bridgehead atoms. The van der Waals surface area contributed by atoms with Crippen molar-refractivity contribution in [2.24, 2.45) is 11.0 Å². The number of amides is 2. The molecule has 0 aromatic carbocycles. The second-order valence-electron chi connectivity index (χ2n) is 9.36. The first-order chi connectivity index (χ1) is 16.2. The van der Waals surface area contributed by atoms with E-state index in [0.29, 0.717) is 38.4 Å². The van der Waals surface area contributed by atoms with Gasteiger partial charge in [0, 0.05) is 43.9 Å². The standard InChI is InChI=1S/C25H32N4O3S/c30-24(16-19-6-2-1-3-7-19)28-12-10-27(11-13-28)18-25(31)29-21(23-9-5-15-33-23)17-20(26-29)22-8-4-14-32-22/h4-5,8-9,14-15,19,21H,1-3,6-7,10-13,16-18H2. The zero-order valence-corrected chi connectivity index (χ0v) is 19.8. The predicted molar refractivity (Wildman–Crippen MR) is 128 cm³/mol. The van der Waals surface area contributed by atoms with Gasteiger partial charge in [-0.1, -0.05) is 25.3 Å². The van der Waals surface area contributed by atoms with Crippen molar-refractivity contribution in [2.45, 2.75) is 51.0 Å². The first kappa shape index (κ1) is 22.3. The zero-order valence-electron chi connectivity index (χ0n) is 19.0. The summed E-state index contributed by atoms with van der Waals surface area (Å²) in [5.74, 6) is 1.57. The number of furan rings is 1. The van der Waals surface area contributed by atoms with Gasteiger partial charge in [0.1, 0.15) is 11.5 Å². The van der Waals surface area contributed by atoms with Crippen LogP contribution in [0.5, 0.6) is 0 Å². The van der Waals surface area contributed by atoms with Gasteiger partial charge in [0.25, 0.3) is 5.91 Å². The molecule has 0 spiro atoms. The van der Waals surface area contributed by atoms with Crippen molar-refractivity contribution in [3.05, 3.63) is 46.5 Å². The van der Waals surface area contributed by atoms with Gasteiger partial charge in [0.2, 0.25) is 5.91 Å². The number of hydrogen-bond acceptors (Lipinski definition) is 6. The number of thiophene rings is 1. The Morgan fingerprint density at radius 1 is 1.03 bits per heavy atom. The fourth-order valence-corrected chi connectivity index (χ4v) is 6.03. The molecule has 4 heterocycles. The Labute approximate surface area is 199 Å². The molecule has 2 aromatic rings. The minimum Gasteiger partial charge on any atom is -0.463 e. The minimum absolute atomic E-state index is 0.00283. The second kappa shape index (κ2) is 10.2. The molecule has 8 heteroatoms. The van der Waals surface area contributed by atoms with Crippen LogP contribution in [0.3, 0.4) is 0 Å². The molecular formula is C25H32N4O3S. The normalized spacial score (nSPS) is 22.5. The van der Waals surface area contributed by atoms with Crippen LogP contribution in [-0.2, 0) is 9.59 Å². The molecule has 1 saturated heterocycles. The van der Waals surface area contributed by atoms with E-state index in [4.69, 9.17) is 4.42 Å². The van der Waals surface area contributed by atoms with Crippen molar-refractivity contribution in [2.75, 3.05) is 32.7 Å². The van der Waals surface area contributed by atoms with Crippen LogP contribution in [0.4, 0.5) is 0 Å². The Balaban J connectivity index is 1.17. The predicted octanol–water partition coefficient (Wildman–Crippen LogP) is 4.13. The zero-order chi connectivity index (χ0) is 22.6. The lowest BCUT2D eigenvalue weighted by Gasteiger charge is -2.36. The smallest absolute Gasteiger partial charge is 0.257 e. The number of rotatable bonds is 6. The molecule has 0 radical (unpaired) electrons. The number of carbonyl (C=O) groups excluding carboxylic acids is 2. The molecule has 1 aliphatic carbocycles. The van der Waals surface area contributed by atoms with Gasteiger partial charge in [-0.05, 0) is 42.3 Å². The van der Waals surface area contributed by atoms with E-state index in [0.717, 1.165) is 29.4 Å². The number of nitrogens with zero attached hydrogens (tertiary/aromatic N) is 4. The molecule has 1 saturated carbocycles. The molecule has 7 nitrogen and oxygen atoms in total. The highest BCUT2D eigenvalue weighted by molar-refractivity contribution is 7.10. The van der Waals surface area contributed by atoms with Gasteiger partial charge in [-0.25, -0.2) is 5.01 Å². The van der Waals surface area contributed by atoms with Gasteiger partial charge in [0.05, 0.1) is 18.8 Å². The molecule has 1 atom stereocenters. The molecule has 3 aliphatic rings. The number of hydrazone groups is 1.